The van der Waals surface area contributed by atoms with Gasteiger partial charge in [-0.25, -0.2) is 4.98 Å². The number of hydrogen-bond acceptors (Lipinski definition) is 4. The van der Waals surface area contributed by atoms with Crippen LogP contribution in [0.2, 0.25) is 0 Å². The van der Waals surface area contributed by atoms with Crippen LogP contribution in [0, 0.1) is 0 Å². The number of carbonyl (C=O) groups is 1. The summed E-state index contributed by atoms with van der Waals surface area (Å²) in [6, 6.07) is 14.9. The summed E-state index contributed by atoms with van der Waals surface area (Å²) in [5.74, 6) is 0.431. The van der Waals surface area contributed by atoms with Crippen LogP contribution in [0.4, 0.5) is 0 Å². The maximum Gasteiger partial charge on any atom is 0.258 e. The molecule has 3 rings (SSSR count). The lowest BCUT2D eigenvalue weighted by molar-refractivity contribution is 0.0745. The maximum atomic E-state index is 13.1. The van der Waals surface area contributed by atoms with Crippen LogP contribution < -0.4 is 5.56 Å². The predicted octanol–water partition coefficient (Wildman–Crippen LogP) is 4.09. The monoisotopic (exact) mass is 381 g/mol. The van der Waals surface area contributed by atoms with Gasteiger partial charge in [0.1, 0.15) is 5.82 Å². The van der Waals surface area contributed by atoms with E-state index in [0.29, 0.717) is 34.1 Å². The summed E-state index contributed by atoms with van der Waals surface area (Å²) in [5.41, 5.74) is 1.13. The molecule has 6 heteroatoms. The van der Waals surface area contributed by atoms with Crippen LogP contribution >= 0.6 is 11.8 Å². The highest BCUT2D eigenvalue weighted by Crippen LogP contribution is 2.27. The van der Waals surface area contributed by atoms with Crippen molar-refractivity contribution in [3.8, 4) is 0 Å². The zero-order chi connectivity index (χ0) is 19.4. The van der Waals surface area contributed by atoms with E-state index in [1.54, 1.807) is 28.8 Å². The first-order chi connectivity index (χ1) is 13.0. The third kappa shape index (κ3) is 4.39. The Bertz CT molecular complexity index is 1010. The molecular formula is C21H23N3O2S. The molecule has 0 aliphatic carbocycles. The highest BCUT2D eigenvalue weighted by atomic mass is 32.2. The number of nitrogens with one attached hydrogen (secondary N) is 1. The molecule has 0 saturated carbocycles. The fraction of sp³-hybridized carbons (Fsp3) is 0.286. The summed E-state index contributed by atoms with van der Waals surface area (Å²) < 4.78 is 0. The lowest BCUT2D eigenvalue weighted by atomic mass is 10.2. The number of H-pyrrole nitrogens is 1. The molecule has 1 aromatic heterocycles. The predicted molar refractivity (Wildman–Crippen MR) is 110 cm³/mol. The Hall–Kier alpha value is -2.60. The third-order valence-corrected chi connectivity index (χ3v) is 5.23. The molecule has 0 radical (unpaired) electrons. The van der Waals surface area contributed by atoms with Gasteiger partial charge in [-0.15, -0.1) is 11.8 Å². The number of rotatable bonds is 6. The van der Waals surface area contributed by atoms with Crippen LogP contribution in [0.5, 0.6) is 0 Å². The van der Waals surface area contributed by atoms with E-state index >= 15 is 0 Å². The first-order valence-corrected chi connectivity index (χ1v) is 9.90. The number of benzene rings is 2. The lowest BCUT2D eigenvalue weighted by Gasteiger charge is -2.22. The largest absolute Gasteiger partial charge is 0.331 e. The summed E-state index contributed by atoms with van der Waals surface area (Å²) >= 11 is 1.67. The Morgan fingerprint density at radius 3 is 2.59 bits per heavy atom. The molecule has 0 aliphatic heterocycles. The minimum atomic E-state index is -0.185. The van der Waals surface area contributed by atoms with Crippen molar-refractivity contribution >= 4 is 28.6 Å². The van der Waals surface area contributed by atoms with Gasteiger partial charge in [-0.3, -0.25) is 9.59 Å². The molecule has 1 heterocycles. The van der Waals surface area contributed by atoms with E-state index in [9.17, 15) is 9.59 Å². The number of fused-ring (bicyclic) bond motifs is 1. The Balaban J connectivity index is 1.90. The van der Waals surface area contributed by atoms with Crippen molar-refractivity contribution in [3.05, 3.63) is 70.3 Å². The van der Waals surface area contributed by atoms with Crippen LogP contribution in [-0.2, 0) is 6.54 Å². The summed E-state index contributed by atoms with van der Waals surface area (Å²) in [4.78, 5) is 35.4. The quantitative estimate of drug-likeness (QED) is 0.653. The SMILES string of the molecule is CCN(Cc1nc2ccccc2c(=O)[nH]1)C(=O)c1ccccc1SC(C)C. The van der Waals surface area contributed by atoms with Crippen molar-refractivity contribution in [2.24, 2.45) is 0 Å². The standard InChI is InChI=1S/C21H23N3O2S/c1-4-24(21(26)16-10-6-8-12-18(16)27-14(2)3)13-19-22-17-11-7-5-9-15(17)20(25)23-19/h5-12,14H,4,13H2,1-3H3,(H,22,23,25). The highest BCUT2D eigenvalue weighted by molar-refractivity contribution is 8.00. The van der Waals surface area contributed by atoms with E-state index < -0.39 is 0 Å². The average Bonchev–Trinajstić information content (AvgIpc) is 2.65. The molecule has 0 bridgehead atoms. The van der Waals surface area contributed by atoms with Crippen LogP contribution in [0.15, 0.2) is 58.2 Å². The van der Waals surface area contributed by atoms with Crippen molar-refractivity contribution in [2.75, 3.05) is 6.54 Å². The number of hydrogen-bond donors (Lipinski definition) is 1. The second-order valence-corrected chi connectivity index (χ2v) is 8.13. The number of amides is 1. The molecule has 1 N–H and O–H groups in total. The van der Waals surface area contributed by atoms with Gasteiger partial charge < -0.3 is 9.88 Å². The Kier molecular flexibility index (Phi) is 5.96. The number of carbonyl (C=O) groups excluding carboxylic acids is 1. The fourth-order valence-corrected chi connectivity index (χ4v) is 3.84. The number of nitrogens with zero attached hydrogens (tertiary/aromatic N) is 2. The minimum Gasteiger partial charge on any atom is -0.331 e. The summed E-state index contributed by atoms with van der Waals surface area (Å²) in [7, 11) is 0. The highest BCUT2D eigenvalue weighted by Gasteiger charge is 2.19. The molecule has 0 saturated heterocycles. The smallest absolute Gasteiger partial charge is 0.258 e. The lowest BCUT2D eigenvalue weighted by Crippen LogP contribution is -2.32. The third-order valence-electron chi connectivity index (χ3n) is 4.15. The van der Waals surface area contributed by atoms with Gasteiger partial charge in [0.2, 0.25) is 0 Å². The molecule has 0 unspecified atom stereocenters. The summed E-state index contributed by atoms with van der Waals surface area (Å²) in [5, 5.41) is 0.932. The van der Waals surface area contributed by atoms with Crippen LogP contribution in [-0.4, -0.2) is 32.6 Å². The van der Waals surface area contributed by atoms with Gasteiger partial charge >= 0.3 is 0 Å². The maximum absolute atomic E-state index is 13.1. The van der Waals surface area contributed by atoms with E-state index in [-0.39, 0.29) is 18.0 Å². The van der Waals surface area contributed by atoms with Crippen molar-refractivity contribution in [2.45, 2.75) is 37.5 Å². The van der Waals surface area contributed by atoms with E-state index in [0.717, 1.165) is 4.90 Å². The molecule has 140 valence electrons. The van der Waals surface area contributed by atoms with Gasteiger partial charge in [0, 0.05) is 16.7 Å². The van der Waals surface area contributed by atoms with Gasteiger partial charge in [0.05, 0.1) is 23.0 Å². The van der Waals surface area contributed by atoms with Gasteiger partial charge in [-0.2, -0.15) is 0 Å². The molecule has 0 fully saturated rings. The van der Waals surface area contributed by atoms with Gasteiger partial charge in [-0.1, -0.05) is 38.1 Å². The van der Waals surface area contributed by atoms with Crippen LogP contribution in [0.3, 0.4) is 0 Å². The van der Waals surface area contributed by atoms with Crippen molar-refractivity contribution in [1.29, 1.82) is 0 Å². The van der Waals surface area contributed by atoms with Gasteiger partial charge in [0.15, 0.2) is 0 Å². The molecule has 0 aliphatic rings. The van der Waals surface area contributed by atoms with Crippen LogP contribution in [0.1, 0.15) is 37.0 Å². The summed E-state index contributed by atoms with van der Waals surface area (Å²) in [6.45, 7) is 6.92. The molecule has 5 nitrogen and oxygen atoms in total. The van der Waals surface area contributed by atoms with Crippen molar-refractivity contribution in [3.63, 3.8) is 0 Å². The second kappa shape index (κ2) is 8.39. The van der Waals surface area contributed by atoms with E-state index in [2.05, 4.69) is 23.8 Å². The van der Waals surface area contributed by atoms with Crippen LogP contribution in [0.25, 0.3) is 10.9 Å². The Morgan fingerprint density at radius 2 is 1.85 bits per heavy atom. The normalized spacial score (nSPS) is 11.1. The molecular weight excluding hydrogens is 358 g/mol. The number of aromatic nitrogens is 2. The van der Waals surface area contributed by atoms with Gasteiger partial charge in [-0.05, 0) is 31.2 Å². The number of aromatic amines is 1. The van der Waals surface area contributed by atoms with Crippen molar-refractivity contribution in [1.82, 2.24) is 14.9 Å². The molecule has 2 aromatic carbocycles. The second-order valence-electron chi connectivity index (χ2n) is 6.51. The molecule has 1 amide bonds. The van der Waals surface area contributed by atoms with E-state index in [1.807, 2.05) is 43.3 Å². The Morgan fingerprint density at radius 1 is 1.15 bits per heavy atom. The summed E-state index contributed by atoms with van der Waals surface area (Å²) in [6.07, 6.45) is 0. The average molecular weight is 382 g/mol. The van der Waals surface area contributed by atoms with E-state index in [4.69, 9.17) is 0 Å². The number of thioether (sulfide) groups is 1. The topological polar surface area (TPSA) is 66.1 Å². The first-order valence-electron chi connectivity index (χ1n) is 9.02. The fourth-order valence-electron chi connectivity index (χ4n) is 2.89. The first kappa shape index (κ1) is 19.2. The molecule has 3 aromatic rings. The molecule has 27 heavy (non-hydrogen) atoms. The van der Waals surface area contributed by atoms with Gasteiger partial charge in [0.25, 0.3) is 11.5 Å². The zero-order valence-corrected chi connectivity index (χ0v) is 16.5. The van der Waals surface area contributed by atoms with E-state index in [1.165, 1.54) is 0 Å². The molecule has 0 spiro atoms. The number of para-hydroxylation sites is 1. The minimum absolute atomic E-state index is 0.0583. The van der Waals surface area contributed by atoms with Crippen molar-refractivity contribution < 1.29 is 4.79 Å². The Labute approximate surface area is 162 Å². The molecule has 0 atom stereocenters. The zero-order valence-electron chi connectivity index (χ0n) is 15.7.